The number of amides is 2. The summed E-state index contributed by atoms with van der Waals surface area (Å²) in [5, 5.41) is 5.55. The third-order valence-corrected chi connectivity index (χ3v) is 7.25. The lowest BCUT2D eigenvalue weighted by Crippen LogP contribution is -2.40. The van der Waals surface area contributed by atoms with Crippen LogP contribution in [0, 0.1) is 5.92 Å². The molecule has 0 unspecified atom stereocenters. The Morgan fingerprint density at radius 2 is 1.78 bits per heavy atom. The summed E-state index contributed by atoms with van der Waals surface area (Å²) in [5.41, 5.74) is 0.751. The van der Waals surface area contributed by atoms with Crippen LogP contribution in [-0.4, -0.2) is 57.4 Å². The Labute approximate surface area is 192 Å². The molecule has 1 heterocycles. The number of rotatable bonds is 7. The lowest BCUT2D eigenvalue weighted by atomic mass is 10.1. The van der Waals surface area contributed by atoms with Crippen LogP contribution >= 0.6 is 11.6 Å². The molecule has 32 heavy (non-hydrogen) atoms. The first-order valence-corrected chi connectivity index (χ1v) is 12.1. The van der Waals surface area contributed by atoms with Gasteiger partial charge < -0.3 is 15.4 Å². The summed E-state index contributed by atoms with van der Waals surface area (Å²) in [6.45, 7) is 5.50. The minimum Gasteiger partial charge on any atom is -0.379 e. The zero-order chi connectivity index (χ0) is 23.3. The Morgan fingerprint density at radius 1 is 1.09 bits per heavy atom. The summed E-state index contributed by atoms with van der Waals surface area (Å²) in [6.07, 6.45) is 0. The number of nitrogens with zero attached hydrogens (tertiary/aromatic N) is 1. The average Bonchev–Trinajstić information content (AvgIpc) is 2.78. The molecule has 1 fully saturated rings. The highest BCUT2D eigenvalue weighted by Gasteiger charge is 2.29. The normalized spacial score (nSPS) is 14.9. The van der Waals surface area contributed by atoms with E-state index < -0.39 is 15.9 Å². The second-order valence-electron chi connectivity index (χ2n) is 7.77. The number of nitrogens with one attached hydrogen (secondary N) is 2. The highest BCUT2D eigenvalue weighted by atomic mass is 35.5. The van der Waals surface area contributed by atoms with Crippen LogP contribution in [0.4, 0.5) is 5.69 Å². The molecule has 10 heteroatoms. The number of ether oxygens (including phenoxy) is 1. The monoisotopic (exact) mass is 479 g/mol. The van der Waals surface area contributed by atoms with Crippen LogP contribution in [0.3, 0.4) is 0 Å². The standard InChI is InChI=1S/C22H26ClN3O5S/c1-15(2)14-24-22(28)17-5-3-4-6-19(17)25-21(27)16-7-8-18(23)20(13-16)32(29,30)26-9-11-31-12-10-26/h3-8,13,15H,9-12,14H2,1-2H3,(H,24,28)(H,25,27). The van der Waals surface area contributed by atoms with Gasteiger partial charge in [-0.3, -0.25) is 9.59 Å². The minimum absolute atomic E-state index is 0.0292. The Bertz CT molecular complexity index is 1100. The lowest BCUT2D eigenvalue weighted by Gasteiger charge is -2.26. The van der Waals surface area contributed by atoms with Gasteiger partial charge >= 0.3 is 0 Å². The quantitative estimate of drug-likeness (QED) is 0.635. The van der Waals surface area contributed by atoms with Gasteiger partial charge in [0.15, 0.2) is 0 Å². The van der Waals surface area contributed by atoms with Crippen molar-refractivity contribution in [2.45, 2.75) is 18.7 Å². The first-order valence-electron chi connectivity index (χ1n) is 10.3. The average molecular weight is 480 g/mol. The van der Waals surface area contributed by atoms with Gasteiger partial charge in [0.05, 0.1) is 29.5 Å². The predicted molar refractivity (Wildman–Crippen MR) is 123 cm³/mol. The van der Waals surface area contributed by atoms with Crippen LogP contribution in [-0.2, 0) is 14.8 Å². The van der Waals surface area contributed by atoms with Crippen molar-refractivity contribution in [2.24, 2.45) is 5.92 Å². The fraction of sp³-hybridized carbons (Fsp3) is 0.364. The molecule has 2 aromatic rings. The molecule has 0 aliphatic carbocycles. The number of para-hydroxylation sites is 1. The van der Waals surface area contributed by atoms with Crippen molar-refractivity contribution in [2.75, 3.05) is 38.2 Å². The van der Waals surface area contributed by atoms with Crippen molar-refractivity contribution < 1.29 is 22.7 Å². The van der Waals surface area contributed by atoms with Gasteiger partial charge in [0.1, 0.15) is 4.90 Å². The number of benzene rings is 2. The molecule has 0 saturated carbocycles. The zero-order valence-corrected chi connectivity index (χ0v) is 19.5. The molecular weight excluding hydrogens is 454 g/mol. The van der Waals surface area contributed by atoms with Gasteiger partial charge in [-0.15, -0.1) is 0 Å². The molecule has 2 N–H and O–H groups in total. The van der Waals surface area contributed by atoms with Crippen LogP contribution in [0.2, 0.25) is 5.02 Å². The van der Waals surface area contributed by atoms with Crippen LogP contribution in [0.25, 0.3) is 0 Å². The van der Waals surface area contributed by atoms with Crippen LogP contribution in [0.15, 0.2) is 47.4 Å². The van der Waals surface area contributed by atoms with Gasteiger partial charge in [-0.2, -0.15) is 4.31 Å². The second kappa shape index (κ2) is 10.4. The highest BCUT2D eigenvalue weighted by molar-refractivity contribution is 7.89. The first-order chi connectivity index (χ1) is 15.2. The Hall–Kier alpha value is -2.46. The molecule has 1 aliphatic rings. The van der Waals surface area contributed by atoms with Crippen molar-refractivity contribution in [3.05, 3.63) is 58.6 Å². The van der Waals surface area contributed by atoms with Gasteiger partial charge in [0.2, 0.25) is 10.0 Å². The summed E-state index contributed by atoms with van der Waals surface area (Å²) < 4.78 is 32.5. The number of morpholine rings is 1. The van der Waals surface area contributed by atoms with E-state index in [0.29, 0.717) is 31.0 Å². The molecule has 1 saturated heterocycles. The van der Waals surface area contributed by atoms with E-state index >= 15 is 0 Å². The van der Waals surface area contributed by atoms with Gasteiger partial charge in [-0.25, -0.2) is 8.42 Å². The number of sulfonamides is 1. The smallest absolute Gasteiger partial charge is 0.255 e. The fourth-order valence-electron chi connectivity index (χ4n) is 3.14. The van der Waals surface area contributed by atoms with Crippen LogP contribution in [0.5, 0.6) is 0 Å². The number of carbonyl (C=O) groups is 2. The van der Waals surface area contributed by atoms with Crippen LogP contribution < -0.4 is 10.6 Å². The molecule has 0 radical (unpaired) electrons. The molecule has 2 amide bonds. The second-order valence-corrected chi connectivity index (χ2v) is 10.1. The highest BCUT2D eigenvalue weighted by Crippen LogP contribution is 2.27. The van der Waals surface area contributed by atoms with Gasteiger partial charge in [0, 0.05) is 25.2 Å². The van der Waals surface area contributed by atoms with Crippen LogP contribution in [0.1, 0.15) is 34.6 Å². The largest absolute Gasteiger partial charge is 0.379 e. The summed E-state index contributed by atoms with van der Waals surface area (Å²) in [7, 11) is -3.88. The van der Waals surface area contributed by atoms with E-state index in [1.807, 2.05) is 13.8 Å². The van der Waals surface area contributed by atoms with E-state index in [1.165, 1.54) is 22.5 Å². The number of hydrogen-bond acceptors (Lipinski definition) is 5. The first kappa shape index (κ1) is 24.2. The maximum atomic E-state index is 13.0. The molecule has 0 aromatic heterocycles. The number of carbonyl (C=O) groups excluding carboxylic acids is 2. The predicted octanol–water partition coefficient (Wildman–Crippen LogP) is 3.00. The van der Waals surface area contributed by atoms with Crippen molar-refractivity contribution in [3.63, 3.8) is 0 Å². The summed E-state index contributed by atoms with van der Waals surface area (Å²) >= 11 is 6.17. The van der Waals surface area contributed by atoms with E-state index in [2.05, 4.69) is 10.6 Å². The Morgan fingerprint density at radius 3 is 2.47 bits per heavy atom. The summed E-state index contributed by atoms with van der Waals surface area (Å²) in [4.78, 5) is 25.3. The molecule has 1 aliphatic heterocycles. The van der Waals surface area contributed by atoms with E-state index in [1.54, 1.807) is 24.3 Å². The molecular formula is C22H26ClN3O5S. The molecule has 3 rings (SSSR count). The maximum absolute atomic E-state index is 13.0. The maximum Gasteiger partial charge on any atom is 0.255 e. The molecule has 0 spiro atoms. The number of halogens is 1. The Kier molecular flexibility index (Phi) is 7.89. The van der Waals surface area contributed by atoms with Crippen molar-refractivity contribution in [1.82, 2.24) is 9.62 Å². The summed E-state index contributed by atoms with van der Waals surface area (Å²) in [6, 6.07) is 10.7. The molecule has 8 nitrogen and oxygen atoms in total. The van der Waals surface area contributed by atoms with E-state index in [0.717, 1.165) is 0 Å². The topological polar surface area (TPSA) is 105 Å². The molecule has 172 valence electrons. The third kappa shape index (κ3) is 5.66. The van der Waals surface area contributed by atoms with Gasteiger partial charge in [-0.05, 0) is 36.2 Å². The van der Waals surface area contributed by atoms with E-state index in [-0.39, 0.29) is 40.4 Å². The van der Waals surface area contributed by atoms with Crippen molar-refractivity contribution in [1.29, 1.82) is 0 Å². The number of hydrogen-bond donors (Lipinski definition) is 2. The molecule has 0 bridgehead atoms. The van der Waals surface area contributed by atoms with Gasteiger partial charge in [0.25, 0.3) is 11.8 Å². The van der Waals surface area contributed by atoms with E-state index in [9.17, 15) is 18.0 Å². The minimum atomic E-state index is -3.88. The Balaban J connectivity index is 1.84. The van der Waals surface area contributed by atoms with Crippen molar-refractivity contribution in [3.8, 4) is 0 Å². The third-order valence-electron chi connectivity index (χ3n) is 4.87. The zero-order valence-electron chi connectivity index (χ0n) is 17.9. The number of anilines is 1. The van der Waals surface area contributed by atoms with Gasteiger partial charge in [-0.1, -0.05) is 37.6 Å². The summed E-state index contributed by atoms with van der Waals surface area (Å²) in [5.74, 6) is -0.577. The molecule has 0 atom stereocenters. The SMILES string of the molecule is CC(C)CNC(=O)c1ccccc1NC(=O)c1ccc(Cl)c(S(=O)(=O)N2CCOCC2)c1. The molecule has 2 aromatic carbocycles. The lowest BCUT2D eigenvalue weighted by molar-refractivity contribution is 0.0730. The van der Waals surface area contributed by atoms with E-state index in [4.69, 9.17) is 16.3 Å². The fourth-order valence-corrected chi connectivity index (χ4v) is 5.05. The van der Waals surface area contributed by atoms with Crippen molar-refractivity contribution >= 4 is 39.1 Å².